The van der Waals surface area contributed by atoms with Gasteiger partial charge in [-0.15, -0.1) is 0 Å². The maximum atomic E-state index is 12.9. The third kappa shape index (κ3) is 4.56. The number of hydrogen-bond donors (Lipinski definition) is 2. The molecule has 0 radical (unpaired) electrons. The van der Waals surface area contributed by atoms with Gasteiger partial charge in [-0.25, -0.2) is 13.1 Å². The van der Waals surface area contributed by atoms with Crippen LogP contribution in [-0.2, 0) is 10.0 Å². The second-order valence-electron chi connectivity index (χ2n) is 8.80. The molecular formula is C24H34N3O2S+. The second-order valence-corrected chi connectivity index (χ2v) is 10.5. The minimum Gasteiger partial charge on any atom is -0.360 e. The second kappa shape index (κ2) is 9.08. The molecule has 2 aromatic carbocycles. The van der Waals surface area contributed by atoms with Gasteiger partial charge in [0.1, 0.15) is 6.04 Å². The summed E-state index contributed by atoms with van der Waals surface area (Å²) in [7, 11) is -3.47. The van der Waals surface area contributed by atoms with Gasteiger partial charge >= 0.3 is 0 Å². The van der Waals surface area contributed by atoms with Crippen molar-refractivity contribution in [3.05, 3.63) is 59.7 Å². The first-order valence-electron chi connectivity index (χ1n) is 11.2. The van der Waals surface area contributed by atoms with Crippen LogP contribution in [0.5, 0.6) is 0 Å². The minimum atomic E-state index is -3.47. The summed E-state index contributed by atoms with van der Waals surface area (Å²) in [5.74, 6) is 0. The fraction of sp³-hybridized carbons (Fsp3) is 0.500. The molecule has 2 aromatic rings. The molecule has 6 heteroatoms. The Bertz CT molecular complexity index is 954. The Morgan fingerprint density at radius 2 is 1.63 bits per heavy atom. The van der Waals surface area contributed by atoms with Crippen molar-refractivity contribution < 1.29 is 13.3 Å². The molecule has 4 rings (SSSR count). The molecule has 30 heavy (non-hydrogen) atoms. The largest absolute Gasteiger partial charge is 0.360 e. The molecule has 0 aromatic heterocycles. The van der Waals surface area contributed by atoms with Gasteiger partial charge in [0.05, 0.1) is 37.1 Å². The lowest BCUT2D eigenvalue weighted by Crippen LogP contribution is -3.20. The van der Waals surface area contributed by atoms with Gasteiger partial charge in [-0.05, 0) is 56.0 Å². The van der Waals surface area contributed by atoms with Gasteiger partial charge < -0.3 is 9.80 Å². The molecule has 0 bridgehead atoms. The summed E-state index contributed by atoms with van der Waals surface area (Å²) in [6, 6.07) is 15.7. The Morgan fingerprint density at radius 1 is 0.933 bits per heavy atom. The molecule has 162 valence electrons. The van der Waals surface area contributed by atoms with Crippen LogP contribution in [0.2, 0.25) is 0 Å². The molecule has 2 aliphatic rings. The molecule has 5 nitrogen and oxygen atoms in total. The molecular weight excluding hydrogens is 394 g/mol. The lowest BCUT2D eigenvalue weighted by Gasteiger charge is -2.42. The SMILES string of the molecule is Cc1cccc(N2CC[NH+]([C@H]3CCCC[C@@H]3NS(=O)(=O)c3ccccc3)CC2)c1C. The van der Waals surface area contributed by atoms with E-state index in [1.54, 1.807) is 29.2 Å². The van der Waals surface area contributed by atoms with Gasteiger partial charge in [0.15, 0.2) is 0 Å². The molecule has 1 saturated carbocycles. The van der Waals surface area contributed by atoms with E-state index in [4.69, 9.17) is 0 Å². The molecule has 0 amide bonds. The lowest BCUT2D eigenvalue weighted by molar-refractivity contribution is -0.928. The average molecular weight is 429 g/mol. The first-order chi connectivity index (χ1) is 14.5. The number of piperazine rings is 1. The number of hydrogen-bond acceptors (Lipinski definition) is 3. The third-order valence-electron chi connectivity index (χ3n) is 6.97. The van der Waals surface area contributed by atoms with Crippen LogP contribution in [0.15, 0.2) is 53.4 Å². The third-order valence-corrected chi connectivity index (χ3v) is 8.48. The highest BCUT2D eigenvalue weighted by atomic mass is 32.2. The smallest absolute Gasteiger partial charge is 0.241 e. The molecule has 2 fully saturated rings. The van der Waals surface area contributed by atoms with Crippen molar-refractivity contribution in [2.24, 2.45) is 0 Å². The number of sulfonamides is 1. The summed E-state index contributed by atoms with van der Waals surface area (Å²) in [5.41, 5.74) is 4.05. The molecule has 0 spiro atoms. The van der Waals surface area contributed by atoms with Gasteiger partial charge in [-0.1, -0.05) is 36.8 Å². The van der Waals surface area contributed by atoms with E-state index in [0.29, 0.717) is 10.9 Å². The van der Waals surface area contributed by atoms with E-state index in [2.05, 4.69) is 41.7 Å². The maximum Gasteiger partial charge on any atom is 0.241 e. The van der Waals surface area contributed by atoms with E-state index in [1.165, 1.54) is 23.2 Å². The van der Waals surface area contributed by atoms with Gasteiger partial charge in [-0.2, -0.15) is 0 Å². The van der Waals surface area contributed by atoms with Crippen molar-refractivity contribution in [2.45, 2.75) is 56.5 Å². The van der Waals surface area contributed by atoms with Crippen molar-refractivity contribution in [3.8, 4) is 0 Å². The Labute approximate surface area is 181 Å². The highest BCUT2D eigenvalue weighted by molar-refractivity contribution is 7.89. The molecule has 1 aliphatic carbocycles. The maximum absolute atomic E-state index is 12.9. The monoisotopic (exact) mass is 428 g/mol. The Balaban J connectivity index is 1.43. The van der Waals surface area contributed by atoms with Gasteiger partial charge in [0.2, 0.25) is 10.0 Å². The summed E-state index contributed by atoms with van der Waals surface area (Å²) < 4.78 is 28.9. The van der Waals surface area contributed by atoms with E-state index in [-0.39, 0.29) is 6.04 Å². The van der Waals surface area contributed by atoms with Crippen molar-refractivity contribution in [1.29, 1.82) is 0 Å². The molecule has 0 unspecified atom stereocenters. The van der Waals surface area contributed by atoms with E-state index in [1.807, 2.05) is 6.07 Å². The highest BCUT2D eigenvalue weighted by Crippen LogP contribution is 2.23. The zero-order chi connectivity index (χ0) is 21.1. The number of rotatable bonds is 5. The topological polar surface area (TPSA) is 53.9 Å². The van der Waals surface area contributed by atoms with Gasteiger partial charge in [0.25, 0.3) is 0 Å². The molecule has 1 saturated heterocycles. The number of nitrogens with one attached hydrogen (secondary N) is 2. The van der Waals surface area contributed by atoms with Crippen LogP contribution in [-0.4, -0.2) is 46.7 Å². The normalized spacial score (nSPS) is 23.5. The van der Waals surface area contributed by atoms with E-state index in [0.717, 1.165) is 45.4 Å². The number of benzene rings is 2. The first kappa shape index (κ1) is 21.3. The van der Waals surface area contributed by atoms with Crippen molar-refractivity contribution in [3.63, 3.8) is 0 Å². The average Bonchev–Trinajstić information content (AvgIpc) is 2.77. The minimum absolute atomic E-state index is 0.0196. The fourth-order valence-electron chi connectivity index (χ4n) is 5.11. The van der Waals surface area contributed by atoms with Crippen LogP contribution in [0.3, 0.4) is 0 Å². The standard InChI is InChI=1S/C24H33N3O2S/c1-19-9-8-14-23(20(19)2)26-15-17-27(18-16-26)24-13-7-6-12-22(24)25-30(28,29)21-10-4-3-5-11-21/h3-5,8-11,14,22,24-25H,6-7,12-13,15-18H2,1-2H3/p+1/t22-,24-/m0/s1. The van der Waals surface area contributed by atoms with E-state index < -0.39 is 10.0 Å². The summed E-state index contributed by atoms with van der Waals surface area (Å²) in [6.45, 7) is 8.54. The van der Waals surface area contributed by atoms with Crippen molar-refractivity contribution >= 4 is 15.7 Å². The molecule has 1 heterocycles. The van der Waals surface area contributed by atoms with Crippen LogP contribution in [0.25, 0.3) is 0 Å². The highest BCUT2D eigenvalue weighted by Gasteiger charge is 2.37. The van der Waals surface area contributed by atoms with Crippen molar-refractivity contribution in [1.82, 2.24) is 4.72 Å². The van der Waals surface area contributed by atoms with Gasteiger partial charge in [-0.3, -0.25) is 0 Å². The summed E-state index contributed by atoms with van der Waals surface area (Å²) in [5, 5.41) is 0. The van der Waals surface area contributed by atoms with Crippen LogP contribution in [0, 0.1) is 13.8 Å². The van der Waals surface area contributed by atoms with E-state index in [9.17, 15) is 8.42 Å². The predicted octanol–water partition coefficient (Wildman–Crippen LogP) is 2.30. The van der Waals surface area contributed by atoms with Gasteiger partial charge in [0, 0.05) is 12.1 Å². The first-order valence-corrected chi connectivity index (χ1v) is 12.7. The number of nitrogens with zero attached hydrogens (tertiary/aromatic N) is 1. The summed E-state index contributed by atoms with van der Waals surface area (Å²) >= 11 is 0. The zero-order valence-corrected chi connectivity index (χ0v) is 18.9. The molecule has 1 aliphatic heterocycles. The quantitative estimate of drug-likeness (QED) is 0.768. The Kier molecular flexibility index (Phi) is 6.46. The Hall–Kier alpha value is -1.89. The van der Waals surface area contributed by atoms with Crippen LogP contribution in [0.1, 0.15) is 36.8 Å². The van der Waals surface area contributed by atoms with Crippen LogP contribution >= 0.6 is 0 Å². The summed E-state index contributed by atoms with van der Waals surface area (Å²) in [6.07, 6.45) is 4.32. The van der Waals surface area contributed by atoms with Crippen LogP contribution < -0.4 is 14.5 Å². The van der Waals surface area contributed by atoms with Crippen molar-refractivity contribution in [2.75, 3.05) is 31.1 Å². The van der Waals surface area contributed by atoms with Crippen LogP contribution in [0.4, 0.5) is 5.69 Å². The van der Waals surface area contributed by atoms with E-state index >= 15 is 0 Å². The number of aryl methyl sites for hydroxylation is 1. The lowest BCUT2D eigenvalue weighted by atomic mass is 9.89. The molecule has 2 N–H and O–H groups in total. The molecule has 2 atom stereocenters. The zero-order valence-electron chi connectivity index (χ0n) is 18.1. The number of quaternary nitrogens is 1. The predicted molar refractivity (Wildman–Crippen MR) is 122 cm³/mol. The fourth-order valence-corrected chi connectivity index (χ4v) is 6.44. The Morgan fingerprint density at radius 3 is 2.37 bits per heavy atom. The summed E-state index contributed by atoms with van der Waals surface area (Å²) in [4.78, 5) is 4.42. The number of anilines is 1.